The number of nitrogens with one attached hydrogen (secondary N) is 1. The van der Waals surface area contributed by atoms with Crippen molar-refractivity contribution >= 4 is 12.4 Å². The van der Waals surface area contributed by atoms with Gasteiger partial charge in [0, 0.05) is 12.1 Å². The van der Waals surface area contributed by atoms with Crippen molar-refractivity contribution in [2.24, 2.45) is 0 Å². The lowest BCUT2D eigenvalue weighted by atomic mass is 9.98. The second-order valence-corrected chi connectivity index (χ2v) is 9.01. The average Bonchev–Trinajstić information content (AvgIpc) is 2.95. The van der Waals surface area contributed by atoms with Crippen molar-refractivity contribution in [1.82, 2.24) is 5.32 Å². The van der Waals surface area contributed by atoms with Crippen molar-refractivity contribution in [3.05, 3.63) is 131 Å². The Morgan fingerprint density at radius 1 is 0.676 bits per heavy atom. The maximum atomic E-state index is 11.3. The minimum atomic E-state index is -0.691. The van der Waals surface area contributed by atoms with Crippen LogP contribution in [0.3, 0.4) is 0 Å². The molecule has 4 rings (SSSR count). The summed E-state index contributed by atoms with van der Waals surface area (Å²) in [5.74, 6) is 1.28. The molecule has 0 heterocycles. The number of halogens is 1. The van der Waals surface area contributed by atoms with Gasteiger partial charge in [-0.1, -0.05) is 104 Å². The Balaban J connectivity index is 0.00000380. The van der Waals surface area contributed by atoms with Crippen LogP contribution in [0.5, 0.6) is 11.5 Å². The summed E-state index contributed by atoms with van der Waals surface area (Å²) in [4.78, 5) is 0. The minimum absolute atomic E-state index is 0. The van der Waals surface area contributed by atoms with Gasteiger partial charge in [0.2, 0.25) is 0 Å². The lowest BCUT2D eigenvalue weighted by Crippen LogP contribution is -2.36. The van der Waals surface area contributed by atoms with E-state index in [0.717, 1.165) is 23.1 Å². The average molecular weight is 518 g/mol. The fourth-order valence-electron chi connectivity index (χ4n) is 4.23. The molecule has 0 fully saturated rings. The van der Waals surface area contributed by atoms with Crippen molar-refractivity contribution in [1.29, 1.82) is 0 Å². The van der Waals surface area contributed by atoms with E-state index in [0.29, 0.717) is 24.7 Å². The minimum Gasteiger partial charge on any atom is -0.485 e. The molecular weight excluding hydrogens is 482 g/mol. The highest BCUT2D eigenvalue weighted by Crippen LogP contribution is 2.33. The second kappa shape index (κ2) is 14.4. The first-order valence-corrected chi connectivity index (χ1v) is 12.6. The molecule has 2 N–H and O–H groups in total. The molecule has 0 saturated heterocycles. The predicted molar refractivity (Wildman–Crippen MR) is 152 cm³/mol. The van der Waals surface area contributed by atoms with Gasteiger partial charge in [0.25, 0.3) is 0 Å². The van der Waals surface area contributed by atoms with Gasteiger partial charge in [-0.15, -0.1) is 12.4 Å². The first kappa shape index (κ1) is 28.3. The number of benzene rings is 4. The largest absolute Gasteiger partial charge is 0.485 e. The molecule has 37 heavy (non-hydrogen) atoms. The molecule has 4 nitrogen and oxygen atoms in total. The third kappa shape index (κ3) is 8.09. The van der Waals surface area contributed by atoms with Crippen LogP contribution in [-0.4, -0.2) is 11.1 Å². The Bertz CT molecular complexity index is 1190. The van der Waals surface area contributed by atoms with Crippen LogP contribution in [0.15, 0.2) is 109 Å². The van der Waals surface area contributed by atoms with Crippen LogP contribution in [0.2, 0.25) is 0 Å². The summed E-state index contributed by atoms with van der Waals surface area (Å²) in [5.41, 5.74) is 4.15. The first-order valence-electron chi connectivity index (χ1n) is 12.6. The van der Waals surface area contributed by atoms with Gasteiger partial charge in [0.15, 0.2) is 11.5 Å². The van der Waals surface area contributed by atoms with Crippen molar-refractivity contribution in [3.8, 4) is 11.5 Å². The Labute approximate surface area is 226 Å². The summed E-state index contributed by atoms with van der Waals surface area (Å²) >= 11 is 0. The summed E-state index contributed by atoms with van der Waals surface area (Å²) in [7, 11) is 0. The molecule has 0 aromatic heterocycles. The molecule has 0 aliphatic rings. The topological polar surface area (TPSA) is 50.7 Å². The molecule has 0 radical (unpaired) electrons. The summed E-state index contributed by atoms with van der Waals surface area (Å²) in [6.45, 7) is 5.07. The third-order valence-electron chi connectivity index (χ3n) is 6.37. The maximum absolute atomic E-state index is 11.3. The Morgan fingerprint density at radius 3 is 1.73 bits per heavy atom. The number of aliphatic hydroxyl groups excluding tert-OH is 1. The highest BCUT2D eigenvalue weighted by Gasteiger charge is 2.23. The quantitative estimate of drug-likeness (QED) is 0.205. The van der Waals surface area contributed by atoms with Gasteiger partial charge in [-0.05, 0) is 47.7 Å². The molecule has 0 aliphatic carbocycles. The summed E-state index contributed by atoms with van der Waals surface area (Å²) in [6.07, 6.45) is 0.0913. The van der Waals surface area contributed by atoms with Crippen LogP contribution < -0.4 is 14.8 Å². The van der Waals surface area contributed by atoms with Gasteiger partial charge >= 0.3 is 0 Å². The van der Waals surface area contributed by atoms with Crippen molar-refractivity contribution < 1.29 is 14.6 Å². The molecule has 0 saturated carbocycles. The summed E-state index contributed by atoms with van der Waals surface area (Å²) in [6, 6.07) is 36.1. The fraction of sp³-hybridized carbons (Fsp3) is 0.250. The van der Waals surface area contributed by atoms with Gasteiger partial charge in [-0.2, -0.15) is 0 Å². The zero-order valence-corrected chi connectivity index (χ0v) is 22.2. The molecule has 194 valence electrons. The molecule has 0 aliphatic heterocycles. The smallest absolute Gasteiger partial charge is 0.162 e. The molecule has 4 aromatic rings. The zero-order valence-electron chi connectivity index (χ0n) is 21.4. The second-order valence-electron chi connectivity index (χ2n) is 9.01. The van der Waals surface area contributed by atoms with E-state index in [-0.39, 0.29) is 24.5 Å². The van der Waals surface area contributed by atoms with E-state index < -0.39 is 6.10 Å². The molecule has 4 aromatic carbocycles. The van der Waals surface area contributed by atoms with Gasteiger partial charge in [0.05, 0.1) is 6.10 Å². The van der Waals surface area contributed by atoms with Crippen molar-refractivity contribution in [2.45, 2.75) is 51.7 Å². The maximum Gasteiger partial charge on any atom is 0.162 e. The molecule has 0 bridgehead atoms. The Hall–Kier alpha value is -3.31. The first-order chi connectivity index (χ1) is 17.6. The van der Waals surface area contributed by atoms with E-state index >= 15 is 0 Å². The molecule has 5 heteroatoms. The highest BCUT2D eigenvalue weighted by molar-refractivity contribution is 5.85. The van der Waals surface area contributed by atoms with Gasteiger partial charge in [-0.3, -0.25) is 0 Å². The summed E-state index contributed by atoms with van der Waals surface area (Å²) < 4.78 is 12.3. The van der Waals surface area contributed by atoms with Crippen LogP contribution in [0.1, 0.15) is 54.7 Å². The Morgan fingerprint density at radius 2 is 1.19 bits per heavy atom. The van der Waals surface area contributed by atoms with E-state index in [9.17, 15) is 5.11 Å². The van der Waals surface area contributed by atoms with E-state index in [2.05, 4.69) is 31.3 Å². The standard InChI is InChI=1S/C32H35NO3.ClH/c1-3-29(33-24(2)27-17-11-6-12-18-27)32(34)28-19-20-30(35-22-25-13-7-4-8-14-25)31(21-28)36-23-26-15-9-5-10-16-26;/h4-21,24,29,32-34H,3,22-23H2,1-2H3;1H. The van der Waals surface area contributed by atoms with Crippen molar-refractivity contribution in [2.75, 3.05) is 0 Å². The summed E-state index contributed by atoms with van der Waals surface area (Å²) in [5, 5.41) is 14.9. The zero-order chi connectivity index (χ0) is 25.2. The predicted octanol–water partition coefficient (Wildman–Crippen LogP) is 7.43. The fourth-order valence-corrected chi connectivity index (χ4v) is 4.23. The third-order valence-corrected chi connectivity index (χ3v) is 6.37. The molecule has 3 unspecified atom stereocenters. The molecular formula is C32H36ClNO3. The number of hydrogen-bond acceptors (Lipinski definition) is 4. The lowest BCUT2D eigenvalue weighted by Gasteiger charge is -2.28. The van der Waals surface area contributed by atoms with Crippen LogP contribution >= 0.6 is 12.4 Å². The molecule has 3 atom stereocenters. The van der Waals surface area contributed by atoms with Crippen LogP contribution in [-0.2, 0) is 13.2 Å². The number of aliphatic hydroxyl groups is 1. The van der Waals surface area contributed by atoms with Gasteiger partial charge in [0.1, 0.15) is 13.2 Å². The number of ether oxygens (including phenoxy) is 2. The van der Waals surface area contributed by atoms with Crippen LogP contribution in [0, 0.1) is 0 Å². The Kier molecular flexibility index (Phi) is 11.0. The van der Waals surface area contributed by atoms with E-state index in [4.69, 9.17) is 9.47 Å². The van der Waals surface area contributed by atoms with Gasteiger partial charge < -0.3 is 19.9 Å². The van der Waals surface area contributed by atoms with Gasteiger partial charge in [-0.25, -0.2) is 0 Å². The number of hydrogen-bond donors (Lipinski definition) is 2. The molecule has 0 spiro atoms. The normalized spacial score (nSPS) is 13.2. The van der Waals surface area contributed by atoms with E-state index in [1.54, 1.807) is 0 Å². The highest BCUT2D eigenvalue weighted by atomic mass is 35.5. The van der Waals surface area contributed by atoms with E-state index in [1.807, 2.05) is 97.1 Å². The monoisotopic (exact) mass is 517 g/mol. The van der Waals surface area contributed by atoms with E-state index in [1.165, 1.54) is 5.56 Å². The van der Waals surface area contributed by atoms with Crippen molar-refractivity contribution in [3.63, 3.8) is 0 Å². The molecule has 0 amide bonds. The van der Waals surface area contributed by atoms with Crippen LogP contribution in [0.4, 0.5) is 0 Å². The number of rotatable bonds is 12. The lowest BCUT2D eigenvalue weighted by molar-refractivity contribution is 0.119. The SMILES string of the molecule is CCC(NC(C)c1ccccc1)C(O)c1ccc(OCc2ccccc2)c(OCc2ccccc2)c1.Cl. The van der Waals surface area contributed by atoms with Crippen LogP contribution in [0.25, 0.3) is 0 Å².